The van der Waals surface area contributed by atoms with Gasteiger partial charge in [-0.15, -0.1) is 0 Å². The maximum Gasteiger partial charge on any atom is 0.316 e. The summed E-state index contributed by atoms with van der Waals surface area (Å²) in [7, 11) is 0. The van der Waals surface area contributed by atoms with E-state index in [2.05, 4.69) is 0 Å². The van der Waals surface area contributed by atoms with Crippen LogP contribution in [0.25, 0.3) is 0 Å². The van der Waals surface area contributed by atoms with Gasteiger partial charge in [0.15, 0.2) is 6.29 Å². The predicted molar refractivity (Wildman–Crippen MR) is 56.9 cm³/mol. The molecule has 0 saturated heterocycles. The van der Waals surface area contributed by atoms with Crippen LogP contribution in [0, 0.1) is 5.41 Å². The standard InChI is InChI=1S/C12H14O3/c1-12(2,3)11(14)15-10-7-5-4-6-9(10)8-13/h4-8H,1-3H3. The van der Waals surface area contributed by atoms with Gasteiger partial charge in [0.25, 0.3) is 0 Å². The molecule has 0 aliphatic heterocycles. The Balaban J connectivity index is 2.90. The van der Waals surface area contributed by atoms with Gasteiger partial charge in [0.05, 0.1) is 11.0 Å². The second-order valence-electron chi connectivity index (χ2n) is 4.30. The average Bonchev–Trinajstić information content (AvgIpc) is 2.17. The molecule has 0 bridgehead atoms. The van der Waals surface area contributed by atoms with E-state index in [1.54, 1.807) is 45.0 Å². The first-order valence-corrected chi connectivity index (χ1v) is 4.71. The third-order valence-corrected chi connectivity index (χ3v) is 1.86. The van der Waals surface area contributed by atoms with E-state index in [-0.39, 0.29) is 5.97 Å². The third kappa shape index (κ3) is 2.91. The average molecular weight is 206 g/mol. The van der Waals surface area contributed by atoms with Crippen LogP contribution in [0.4, 0.5) is 0 Å². The zero-order valence-electron chi connectivity index (χ0n) is 9.11. The zero-order valence-corrected chi connectivity index (χ0v) is 9.11. The van der Waals surface area contributed by atoms with Gasteiger partial charge < -0.3 is 4.74 Å². The summed E-state index contributed by atoms with van der Waals surface area (Å²) in [5.74, 6) is -0.0378. The molecule has 0 atom stereocenters. The predicted octanol–water partition coefficient (Wildman–Crippen LogP) is 2.45. The highest BCUT2D eigenvalue weighted by Gasteiger charge is 2.24. The highest BCUT2D eigenvalue weighted by molar-refractivity contribution is 5.83. The molecule has 3 heteroatoms. The molecule has 0 spiro atoms. The lowest BCUT2D eigenvalue weighted by Crippen LogP contribution is -2.25. The van der Waals surface area contributed by atoms with Gasteiger partial charge in [-0.05, 0) is 32.9 Å². The van der Waals surface area contributed by atoms with Crippen molar-refractivity contribution in [3.05, 3.63) is 29.8 Å². The molecule has 0 fully saturated rings. The quantitative estimate of drug-likeness (QED) is 0.424. The number of ether oxygens (including phenoxy) is 1. The topological polar surface area (TPSA) is 43.4 Å². The van der Waals surface area contributed by atoms with Crippen LogP contribution in [0.1, 0.15) is 31.1 Å². The number of para-hydroxylation sites is 1. The monoisotopic (exact) mass is 206 g/mol. The number of hydrogen-bond acceptors (Lipinski definition) is 3. The van der Waals surface area contributed by atoms with Gasteiger partial charge in [-0.1, -0.05) is 12.1 Å². The lowest BCUT2D eigenvalue weighted by Gasteiger charge is -2.16. The Hall–Kier alpha value is -1.64. The molecule has 0 aliphatic carbocycles. The molecular weight excluding hydrogens is 192 g/mol. The fourth-order valence-corrected chi connectivity index (χ4v) is 0.924. The van der Waals surface area contributed by atoms with Gasteiger partial charge in [-0.2, -0.15) is 0 Å². The largest absolute Gasteiger partial charge is 0.425 e. The molecular formula is C12H14O3. The van der Waals surface area contributed by atoms with Crippen LogP contribution in [0.15, 0.2) is 24.3 Å². The molecule has 0 N–H and O–H groups in total. The maximum absolute atomic E-state index is 11.6. The van der Waals surface area contributed by atoms with Crippen molar-refractivity contribution in [1.29, 1.82) is 0 Å². The van der Waals surface area contributed by atoms with E-state index in [1.165, 1.54) is 0 Å². The van der Waals surface area contributed by atoms with Crippen molar-refractivity contribution in [2.24, 2.45) is 5.41 Å². The molecule has 80 valence electrons. The van der Waals surface area contributed by atoms with Crippen LogP contribution in [0.5, 0.6) is 5.75 Å². The molecule has 0 saturated carbocycles. The highest BCUT2D eigenvalue weighted by atomic mass is 16.5. The Bertz CT molecular complexity index is 375. The normalized spacial score (nSPS) is 10.9. The van der Waals surface area contributed by atoms with Crippen molar-refractivity contribution >= 4 is 12.3 Å². The van der Waals surface area contributed by atoms with Crippen LogP contribution in [-0.4, -0.2) is 12.3 Å². The molecule has 0 unspecified atom stereocenters. The van der Waals surface area contributed by atoms with Crippen LogP contribution in [0.2, 0.25) is 0 Å². The van der Waals surface area contributed by atoms with E-state index in [4.69, 9.17) is 4.74 Å². The van der Waals surface area contributed by atoms with E-state index in [9.17, 15) is 9.59 Å². The van der Waals surface area contributed by atoms with Gasteiger partial charge in [0.1, 0.15) is 5.75 Å². The minimum atomic E-state index is -0.573. The van der Waals surface area contributed by atoms with Gasteiger partial charge in [0, 0.05) is 0 Å². The molecule has 1 rings (SSSR count). The lowest BCUT2D eigenvalue weighted by atomic mass is 9.97. The Morgan fingerprint density at radius 1 is 1.27 bits per heavy atom. The van der Waals surface area contributed by atoms with E-state index < -0.39 is 5.41 Å². The molecule has 3 nitrogen and oxygen atoms in total. The summed E-state index contributed by atoms with van der Waals surface area (Å²) in [5.41, 5.74) is -0.189. The van der Waals surface area contributed by atoms with E-state index in [1.807, 2.05) is 0 Å². The van der Waals surface area contributed by atoms with Crippen molar-refractivity contribution in [3.63, 3.8) is 0 Å². The van der Waals surface area contributed by atoms with Gasteiger partial charge >= 0.3 is 5.97 Å². The summed E-state index contributed by atoms with van der Waals surface area (Å²) in [4.78, 5) is 22.2. The number of esters is 1. The highest BCUT2D eigenvalue weighted by Crippen LogP contribution is 2.21. The molecule has 0 heterocycles. The molecule has 1 aromatic carbocycles. The number of benzene rings is 1. The van der Waals surface area contributed by atoms with Crippen molar-refractivity contribution in [1.82, 2.24) is 0 Å². The SMILES string of the molecule is CC(C)(C)C(=O)Oc1ccccc1C=O. The first-order chi connectivity index (χ1) is 6.95. The lowest BCUT2D eigenvalue weighted by molar-refractivity contribution is -0.143. The van der Waals surface area contributed by atoms with E-state index in [0.717, 1.165) is 0 Å². The summed E-state index contributed by atoms with van der Waals surface area (Å²) in [6, 6.07) is 6.65. The Morgan fingerprint density at radius 3 is 2.40 bits per heavy atom. The van der Waals surface area contributed by atoms with Crippen LogP contribution in [0.3, 0.4) is 0 Å². The van der Waals surface area contributed by atoms with Crippen molar-refractivity contribution in [2.45, 2.75) is 20.8 Å². The number of hydrogen-bond donors (Lipinski definition) is 0. The summed E-state index contributed by atoms with van der Waals surface area (Å²) >= 11 is 0. The molecule has 15 heavy (non-hydrogen) atoms. The molecule has 1 aromatic rings. The van der Waals surface area contributed by atoms with E-state index in [0.29, 0.717) is 17.6 Å². The van der Waals surface area contributed by atoms with Crippen LogP contribution >= 0.6 is 0 Å². The van der Waals surface area contributed by atoms with Crippen molar-refractivity contribution < 1.29 is 14.3 Å². The Morgan fingerprint density at radius 2 is 1.87 bits per heavy atom. The first-order valence-electron chi connectivity index (χ1n) is 4.71. The first kappa shape index (κ1) is 11.4. The van der Waals surface area contributed by atoms with Gasteiger partial charge in [0.2, 0.25) is 0 Å². The molecule has 0 radical (unpaired) electrons. The Kier molecular flexibility index (Phi) is 3.24. The molecule has 0 amide bonds. The number of carbonyl (C=O) groups is 2. The fraction of sp³-hybridized carbons (Fsp3) is 0.333. The minimum absolute atomic E-state index is 0.312. The fourth-order valence-electron chi connectivity index (χ4n) is 0.924. The maximum atomic E-state index is 11.6. The van der Waals surface area contributed by atoms with Crippen LogP contribution < -0.4 is 4.74 Å². The smallest absolute Gasteiger partial charge is 0.316 e. The summed E-state index contributed by atoms with van der Waals surface area (Å²) in [6.45, 7) is 5.29. The minimum Gasteiger partial charge on any atom is -0.425 e. The zero-order chi connectivity index (χ0) is 11.5. The summed E-state index contributed by atoms with van der Waals surface area (Å²) in [6.07, 6.45) is 0.672. The second-order valence-corrected chi connectivity index (χ2v) is 4.30. The van der Waals surface area contributed by atoms with E-state index >= 15 is 0 Å². The number of rotatable bonds is 2. The Labute approximate surface area is 89.1 Å². The summed E-state index contributed by atoms with van der Waals surface area (Å²) in [5, 5.41) is 0. The van der Waals surface area contributed by atoms with Crippen LogP contribution in [-0.2, 0) is 4.79 Å². The number of aldehydes is 1. The number of carbonyl (C=O) groups excluding carboxylic acids is 2. The third-order valence-electron chi connectivity index (χ3n) is 1.86. The molecule has 0 aliphatic rings. The summed E-state index contributed by atoms with van der Waals surface area (Å²) < 4.78 is 5.13. The van der Waals surface area contributed by atoms with Gasteiger partial charge in [-0.25, -0.2) is 0 Å². The van der Waals surface area contributed by atoms with Crippen molar-refractivity contribution in [2.75, 3.05) is 0 Å². The van der Waals surface area contributed by atoms with Gasteiger partial charge in [-0.3, -0.25) is 9.59 Å². The molecule has 0 aromatic heterocycles. The van der Waals surface area contributed by atoms with Crippen molar-refractivity contribution in [3.8, 4) is 5.75 Å². The second kappa shape index (κ2) is 4.26.